The molecule has 3 rings (SSSR count). The Labute approximate surface area is 121 Å². The predicted molar refractivity (Wildman–Crippen MR) is 78.3 cm³/mol. The van der Waals surface area contributed by atoms with E-state index in [1.807, 2.05) is 6.07 Å². The molecule has 1 fully saturated rings. The summed E-state index contributed by atoms with van der Waals surface area (Å²) >= 11 is 1.73. The largest absolute Gasteiger partial charge is 0.325 e. The Balaban J connectivity index is 1.55. The summed E-state index contributed by atoms with van der Waals surface area (Å²) in [7, 11) is 0. The second kappa shape index (κ2) is 5.73. The van der Waals surface area contributed by atoms with Crippen molar-refractivity contribution in [1.82, 2.24) is 4.90 Å². The SMILES string of the molecule is O=C(CN1CC[C@H]1c1cccs1)Nc1ccc(F)cc1. The van der Waals surface area contributed by atoms with Crippen LogP contribution in [0.3, 0.4) is 0 Å². The van der Waals surface area contributed by atoms with Gasteiger partial charge in [0.1, 0.15) is 5.82 Å². The van der Waals surface area contributed by atoms with Crippen LogP contribution in [0.2, 0.25) is 0 Å². The van der Waals surface area contributed by atoms with Crippen molar-refractivity contribution in [2.75, 3.05) is 18.4 Å². The zero-order valence-corrected chi connectivity index (χ0v) is 11.7. The Bertz CT molecular complexity index is 582. The average molecular weight is 290 g/mol. The van der Waals surface area contributed by atoms with E-state index in [1.54, 1.807) is 23.5 Å². The molecule has 0 aliphatic carbocycles. The van der Waals surface area contributed by atoms with Gasteiger partial charge in [-0.15, -0.1) is 11.3 Å². The van der Waals surface area contributed by atoms with Crippen molar-refractivity contribution >= 4 is 22.9 Å². The number of halogens is 1. The van der Waals surface area contributed by atoms with Gasteiger partial charge in [0, 0.05) is 23.2 Å². The van der Waals surface area contributed by atoms with E-state index < -0.39 is 0 Å². The van der Waals surface area contributed by atoms with Crippen LogP contribution >= 0.6 is 11.3 Å². The fraction of sp³-hybridized carbons (Fsp3) is 0.267. The summed E-state index contributed by atoms with van der Waals surface area (Å²) in [6.45, 7) is 1.32. The predicted octanol–water partition coefficient (Wildman–Crippen LogP) is 3.27. The molecule has 1 saturated heterocycles. The second-order valence-electron chi connectivity index (χ2n) is 4.85. The summed E-state index contributed by atoms with van der Waals surface area (Å²) < 4.78 is 12.8. The maximum atomic E-state index is 12.8. The molecule has 1 aromatic heterocycles. The number of anilines is 1. The van der Waals surface area contributed by atoms with E-state index >= 15 is 0 Å². The third-order valence-electron chi connectivity index (χ3n) is 3.48. The van der Waals surface area contributed by atoms with Crippen LogP contribution in [0.25, 0.3) is 0 Å². The molecule has 104 valence electrons. The van der Waals surface area contributed by atoms with Crippen LogP contribution in [0, 0.1) is 5.82 Å². The van der Waals surface area contributed by atoms with Crippen LogP contribution in [0.1, 0.15) is 17.3 Å². The molecule has 2 aromatic rings. The average Bonchev–Trinajstić information content (AvgIpc) is 2.91. The van der Waals surface area contributed by atoms with Gasteiger partial charge in [0.05, 0.1) is 6.54 Å². The third kappa shape index (κ3) is 2.89. The molecular weight excluding hydrogens is 275 g/mol. The number of nitrogens with zero attached hydrogens (tertiary/aromatic N) is 1. The van der Waals surface area contributed by atoms with Crippen LogP contribution in [0.4, 0.5) is 10.1 Å². The number of carbonyl (C=O) groups is 1. The topological polar surface area (TPSA) is 32.3 Å². The van der Waals surface area contributed by atoms with Crippen LogP contribution in [0.15, 0.2) is 41.8 Å². The van der Waals surface area contributed by atoms with Crippen LogP contribution in [-0.4, -0.2) is 23.9 Å². The molecule has 5 heteroatoms. The minimum absolute atomic E-state index is 0.0575. The number of thiophene rings is 1. The lowest BCUT2D eigenvalue weighted by Crippen LogP contribution is -2.44. The zero-order chi connectivity index (χ0) is 13.9. The van der Waals surface area contributed by atoms with Crippen molar-refractivity contribution in [2.24, 2.45) is 0 Å². The van der Waals surface area contributed by atoms with Gasteiger partial charge in [0.2, 0.25) is 5.91 Å². The lowest BCUT2D eigenvalue weighted by Gasteiger charge is -2.39. The van der Waals surface area contributed by atoms with Gasteiger partial charge in [0.15, 0.2) is 0 Å². The number of carbonyl (C=O) groups excluding carboxylic acids is 1. The number of benzene rings is 1. The lowest BCUT2D eigenvalue weighted by atomic mass is 10.0. The number of hydrogen-bond donors (Lipinski definition) is 1. The van der Waals surface area contributed by atoms with Crippen LogP contribution in [0.5, 0.6) is 0 Å². The maximum Gasteiger partial charge on any atom is 0.238 e. The smallest absolute Gasteiger partial charge is 0.238 e. The number of rotatable bonds is 4. The fourth-order valence-corrected chi connectivity index (χ4v) is 3.25. The van der Waals surface area contributed by atoms with E-state index in [2.05, 4.69) is 21.7 Å². The van der Waals surface area contributed by atoms with Crippen molar-refractivity contribution in [3.63, 3.8) is 0 Å². The first kappa shape index (κ1) is 13.3. The number of nitrogens with one attached hydrogen (secondary N) is 1. The molecule has 20 heavy (non-hydrogen) atoms. The Hall–Kier alpha value is -1.72. The van der Waals surface area contributed by atoms with Crippen molar-refractivity contribution in [2.45, 2.75) is 12.5 Å². The molecule has 2 heterocycles. The minimum atomic E-state index is -0.302. The van der Waals surface area contributed by atoms with Crippen molar-refractivity contribution in [1.29, 1.82) is 0 Å². The summed E-state index contributed by atoms with van der Waals surface area (Å²) in [5.74, 6) is -0.360. The highest BCUT2D eigenvalue weighted by Gasteiger charge is 2.31. The summed E-state index contributed by atoms with van der Waals surface area (Å²) in [6, 6.07) is 10.3. The molecule has 0 unspecified atom stereocenters. The minimum Gasteiger partial charge on any atom is -0.325 e. The Kier molecular flexibility index (Phi) is 3.80. The molecular formula is C15H15FN2OS. The molecule has 0 saturated carbocycles. The van der Waals surface area contributed by atoms with Crippen LogP contribution in [-0.2, 0) is 4.79 Å². The summed E-state index contributed by atoms with van der Waals surface area (Å²) in [5.41, 5.74) is 0.629. The number of likely N-dealkylation sites (tertiary alicyclic amines) is 1. The molecule has 0 spiro atoms. The summed E-state index contributed by atoms with van der Waals surface area (Å²) in [4.78, 5) is 15.4. The lowest BCUT2D eigenvalue weighted by molar-refractivity contribution is -0.119. The highest BCUT2D eigenvalue weighted by molar-refractivity contribution is 7.10. The standard InChI is InChI=1S/C15H15FN2OS/c16-11-3-5-12(6-4-11)17-15(19)10-18-8-7-13(18)14-2-1-9-20-14/h1-6,9,13H,7-8,10H2,(H,17,19)/t13-/m0/s1. The first-order valence-corrected chi connectivity index (χ1v) is 7.43. The quantitative estimate of drug-likeness (QED) is 0.937. The molecule has 3 nitrogen and oxygen atoms in total. The van der Waals surface area contributed by atoms with Gasteiger partial charge >= 0.3 is 0 Å². The van der Waals surface area contributed by atoms with E-state index in [9.17, 15) is 9.18 Å². The molecule has 1 N–H and O–H groups in total. The van der Waals surface area contributed by atoms with Gasteiger partial charge in [-0.2, -0.15) is 0 Å². The van der Waals surface area contributed by atoms with Crippen molar-refractivity contribution < 1.29 is 9.18 Å². The highest BCUT2D eigenvalue weighted by Crippen LogP contribution is 2.35. The first-order valence-electron chi connectivity index (χ1n) is 6.55. The van der Waals surface area contributed by atoms with E-state index in [0.717, 1.165) is 13.0 Å². The van der Waals surface area contributed by atoms with E-state index in [-0.39, 0.29) is 11.7 Å². The number of amides is 1. The van der Waals surface area contributed by atoms with Crippen molar-refractivity contribution in [3.05, 3.63) is 52.5 Å². The van der Waals surface area contributed by atoms with Crippen molar-refractivity contribution in [3.8, 4) is 0 Å². The monoisotopic (exact) mass is 290 g/mol. The molecule has 1 aromatic carbocycles. The molecule has 1 amide bonds. The second-order valence-corrected chi connectivity index (χ2v) is 5.82. The molecule has 0 radical (unpaired) electrons. The summed E-state index contributed by atoms with van der Waals surface area (Å²) in [6.07, 6.45) is 1.10. The molecule has 1 atom stereocenters. The molecule has 0 bridgehead atoms. The Morgan fingerprint density at radius 1 is 1.35 bits per heavy atom. The highest BCUT2D eigenvalue weighted by atomic mass is 32.1. The first-order chi connectivity index (χ1) is 9.72. The number of hydrogen-bond acceptors (Lipinski definition) is 3. The van der Waals surface area contributed by atoms with Gasteiger partial charge in [-0.05, 0) is 42.1 Å². The van der Waals surface area contributed by atoms with Gasteiger partial charge in [-0.25, -0.2) is 4.39 Å². The fourth-order valence-electron chi connectivity index (χ4n) is 2.35. The maximum absolute atomic E-state index is 12.8. The Morgan fingerprint density at radius 3 is 2.75 bits per heavy atom. The van der Waals surface area contributed by atoms with Gasteiger partial charge in [0.25, 0.3) is 0 Å². The van der Waals surface area contributed by atoms with Gasteiger partial charge in [-0.3, -0.25) is 9.69 Å². The summed E-state index contributed by atoms with van der Waals surface area (Å²) in [5, 5.41) is 4.85. The van der Waals surface area contributed by atoms with E-state index in [0.29, 0.717) is 18.3 Å². The molecule has 1 aliphatic rings. The molecule has 1 aliphatic heterocycles. The van der Waals surface area contributed by atoms with Gasteiger partial charge in [-0.1, -0.05) is 6.07 Å². The third-order valence-corrected chi connectivity index (χ3v) is 4.45. The Morgan fingerprint density at radius 2 is 2.15 bits per heavy atom. The zero-order valence-electron chi connectivity index (χ0n) is 10.9. The van der Waals surface area contributed by atoms with Gasteiger partial charge < -0.3 is 5.32 Å². The normalized spacial score (nSPS) is 18.6. The van der Waals surface area contributed by atoms with E-state index in [1.165, 1.54) is 17.0 Å². The van der Waals surface area contributed by atoms with Crippen LogP contribution < -0.4 is 5.32 Å². The van der Waals surface area contributed by atoms with E-state index in [4.69, 9.17) is 0 Å².